The third kappa shape index (κ3) is 11.9. The van der Waals surface area contributed by atoms with Gasteiger partial charge in [0.1, 0.15) is 29.3 Å². The second-order valence-electron chi connectivity index (χ2n) is 13.1. The zero-order valence-electron chi connectivity index (χ0n) is 28.8. The summed E-state index contributed by atoms with van der Waals surface area (Å²) in [6, 6.07) is 12.9. The minimum atomic E-state index is -1.43. The van der Waals surface area contributed by atoms with Crippen LogP contribution in [0.4, 0.5) is 0 Å². The summed E-state index contributed by atoms with van der Waals surface area (Å²) in [6.07, 6.45) is 5.55. The maximum absolute atomic E-state index is 13.4. The van der Waals surface area contributed by atoms with Gasteiger partial charge in [-0.1, -0.05) is 63.0 Å². The maximum atomic E-state index is 13.4. The molecule has 11 heteroatoms. The zero-order valence-corrected chi connectivity index (χ0v) is 29.8. The van der Waals surface area contributed by atoms with Gasteiger partial charge in [0.05, 0.1) is 25.4 Å². The van der Waals surface area contributed by atoms with Crippen LogP contribution in [0.3, 0.4) is 0 Å². The summed E-state index contributed by atoms with van der Waals surface area (Å²) >= 11 is 0. The number of hydrogen-bond acceptors (Lipinski definition) is 10. The average molecular weight is 671 g/mol. The van der Waals surface area contributed by atoms with E-state index in [1.807, 2.05) is 19.1 Å². The highest BCUT2D eigenvalue weighted by atomic mass is 28.3. The Bertz CT molecular complexity index is 1370. The molecule has 3 rings (SSSR count). The van der Waals surface area contributed by atoms with Crippen LogP contribution >= 0.6 is 0 Å². The van der Waals surface area contributed by atoms with E-state index in [0.717, 1.165) is 6.04 Å². The monoisotopic (exact) mass is 670 g/mol. The van der Waals surface area contributed by atoms with E-state index in [1.165, 1.54) is 14.2 Å². The number of esters is 2. The van der Waals surface area contributed by atoms with E-state index in [1.54, 1.807) is 68.5 Å². The Hall–Kier alpha value is -3.48. The van der Waals surface area contributed by atoms with Crippen LogP contribution in [-0.4, -0.2) is 83.4 Å². The van der Waals surface area contributed by atoms with E-state index in [0.29, 0.717) is 29.9 Å². The van der Waals surface area contributed by atoms with E-state index in [2.05, 4.69) is 19.6 Å². The minimum Gasteiger partial charge on any atom is -0.497 e. The van der Waals surface area contributed by atoms with Crippen molar-refractivity contribution in [2.24, 2.45) is 5.92 Å². The first-order valence-corrected chi connectivity index (χ1v) is 19.6. The fourth-order valence-corrected chi connectivity index (χ4v) is 5.55. The second kappa shape index (κ2) is 17.6. The van der Waals surface area contributed by atoms with Crippen molar-refractivity contribution in [1.29, 1.82) is 0 Å². The van der Waals surface area contributed by atoms with Crippen LogP contribution in [0.25, 0.3) is 6.08 Å². The molecular formula is C36H50O10Si. The van der Waals surface area contributed by atoms with Crippen LogP contribution in [-0.2, 0) is 23.7 Å². The predicted octanol–water partition coefficient (Wildman–Crippen LogP) is 6.51. The molecule has 2 aromatic carbocycles. The van der Waals surface area contributed by atoms with Gasteiger partial charge in [-0.05, 0) is 62.1 Å². The van der Waals surface area contributed by atoms with Crippen molar-refractivity contribution in [1.82, 2.24) is 0 Å². The fourth-order valence-electron chi connectivity index (χ4n) is 4.83. The lowest BCUT2D eigenvalue weighted by Gasteiger charge is -2.24. The standard InChI is InChI=1S/C36H50O10Si/c1-25(23-37)17-18-29(44-34(38)26-13-10-9-11-14-26)33-30(45-36(2,3)46-33)16-12-15-27-21-28(41-5)22-31(43-24-40-4)32(27)35(39)42-19-20-47(6,7)8/h9-15,17-18,21-22,25,29-30,33,37H,16,19-20,23-24H2,1-8H3/b15-12+,18-17-/t25-,29?,30-,33+/m0/s1. The smallest absolute Gasteiger partial charge is 0.342 e. The van der Waals surface area contributed by atoms with Crippen molar-refractivity contribution >= 4 is 26.1 Å². The van der Waals surface area contributed by atoms with Crippen molar-refractivity contribution in [2.45, 2.75) is 77.0 Å². The van der Waals surface area contributed by atoms with Gasteiger partial charge in [-0.25, -0.2) is 9.59 Å². The zero-order chi connectivity index (χ0) is 34.6. The molecular weight excluding hydrogens is 620 g/mol. The van der Waals surface area contributed by atoms with E-state index in [4.69, 9.17) is 33.2 Å². The Kier molecular flexibility index (Phi) is 14.2. The topological polar surface area (TPSA) is 119 Å². The van der Waals surface area contributed by atoms with Gasteiger partial charge in [-0.2, -0.15) is 0 Å². The molecule has 10 nitrogen and oxygen atoms in total. The van der Waals surface area contributed by atoms with Crippen molar-refractivity contribution in [2.75, 3.05) is 34.2 Å². The molecule has 258 valence electrons. The summed E-state index contributed by atoms with van der Waals surface area (Å²) < 4.78 is 40.6. The summed E-state index contributed by atoms with van der Waals surface area (Å²) in [5.74, 6) is -1.36. The molecule has 1 aliphatic heterocycles. The first-order valence-electron chi connectivity index (χ1n) is 15.8. The molecule has 1 N–H and O–H groups in total. The molecule has 47 heavy (non-hydrogen) atoms. The molecule has 0 radical (unpaired) electrons. The van der Waals surface area contributed by atoms with E-state index in [-0.39, 0.29) is 30.6 Å². The van der Waals surface area contributed by atoms with Crippen molar-refractivity contribution in [3.8, 4) is 11.5 Å². The Morgan fingerprint density at radius 3 is 2.40 bits per heavy atom. The molecule has 1 saturated heterocycles. The Morgan fingerprint density at radius 2 is 1.77 bits per heavy atom. The largest absolute Gasteiger partial charge is 0.497 e. The second-order valence-corrected chi connectivity index (χ2v) is 18.8. The molecule has 0 amide bonds. The van der Waals surface area contributed by atoms with Crippen LogP contribution < -0.4 is 9.47 Å². The molecule has 1 fully saturated rings. The van der Waals surface area contributed by atoms with Crippen molar-refractivity contribution in [3.05, 3.63) is 77.4 Å². The molecule has 1 heterocycles. The normalized spacial score (nSPS) is 19.1. The first-order chi connectivity index (χ1) is 22.3. The Morgan fingerprint density at radius 1 is 1.04 bits per heavy atom. The molecule has 1 aliphatic rings. The van der Waals surface area contributed by atoms with Gasteiger partial charge >= 0.3 is 11.9 Å². The van der Waals surface area contributed by atoms with Gasteiger partial charge < -0.3 is 38.3 Å². The van der Waals surface area contributed by atoms with Crippen molar-refractivity contribution < 1.29 is 47.9 Å². The van der Waals surface area contributed by atoms with Gasteiger partial charge in [0.15, 0.2) is 12.6 Å². The Balaban J connectivity index is 1.92. The third-order valence-electron chi connectivity index (χ3n) is 7.34. The van der Waals surface area contributed by atoms with Gasteiger partial charge in [-0.3, -0.25) is 0 Å². The number of methoxy groups -OCH3 is 2. The number of carbonyl (C=O) groups excluding carboxylic acids is 2. The molecule has 0 bridgehead atoms. The Labute approximate surface area is 279 Å². The summed E-state index contributed by atoms with van der Waals surface area (Å²) in [5.41, 5.74) is 1.20. The average Bonchev–Trinajstić information content (AvgIpc) is 3.34. The van der Waals surface area contributed by atoms with Gasteiger partial charge in [-0.15, -0.1) is 0 Å². The quantitative estimate of drug-likeness (QED) is 0.0864. The molecule has 4 atom stereocenters. The molecule has 0 spiro atoms. The number of rotatable bonds is 17. The molecule has 1 unspecified atom stereocenters. The minimum absolute atomic E-state index is 0.0604. The number of benzene rings is 2. The number of ether oxygens (including phenoxy) is 7. The highest BCUT2D eigenvalue weighted by molar-refractivity contribution is 6.76. The highest BCUT2D eigenvalue weighted by Gasteiger charge is 2.45. The van der Waals surface area contributed by atoms with Gasteiger partial charge in [0, 0.05) is 27.9 Å². The van der Waals surface area contributed by atoms with Crippen molar-refractivity contribution in [3.63, 3.8) is 0 Å². The number of aliphatic hydroxyl groups is 1. The lowest BCUT2D eigenvalue weighted by molar-refractivity contribution is -0.152. The predicted molar refractivity (Wildman–Crippen MR) is 182 cm³/mol. The highest BCUT2D eigenvalue weighted by Crippen LogP contribution is 2.35. The lowest BCUT2D eigenvalue weighted by atomic mass is 10.0. The summed E-state index contributed by atoms with van der Waals surface area (Å²) in [6.45, 7) is 12.3. The molecule has 0 saturated carbocycles. The van der Waals surface area contributed by atoms with Crippen LogP contribution in [0.1, 0.15) is 53.5 Å². The number of hydrogen-bond donors (Lipinski definition) is 1. The van der Waals surface area contributed by atoms with Gasteiger partial charge in [0.25, 0.3) is 0 Å². The number of carbonyl (C=O) groups is 2. The fraction of sp³-hybridized carbons (Fsp3) is 0.500. The van der Waals surface area contributed by atoms with Gasteiger partial charge in [0.2, 0.25) is 0 Å². The van der Waals surface area contributed by atoms with E-state index < -0.39 is 44.1 Å². The van der Waals surface area contributed by atoms with Crippen LogP contribution in [0.5, 0.6) is 11.5 Å². The van der Waals surface area contributed by atoms with E-state index >= 15 is 0 Å². The summed E-state index contributed by atoms with van der Waals surface area (Å²) in [4.78, 5) is 26.5. The van der Waals surface area contributed by atoms with Crippen LogP contribution in [0.15, 0.2) is 60.7 Å². The van der Waals surface area contributed by atoms with Crippen LogP contribution in [0, 0.1) is 5.92 Å². The van der Waals surface area contributed by atoms with E-state index in [9.17, 15) is 14.7 Å². The molecule has 2 aromatic rings. The molecule has 0 aliphatic carbocycles. The SMILES string of the molecule is COCOc1cc(OC)cc(/C=C/C[C@@H]2OC(C)(C)O[C@@H]2C(/C=C\[C@H](C)CO)OC(=O)c2ccccc2)c1C(=O)OCC[Si](C)(C)C. The summed E-state index contributed by atoms with van der Waals surface area (Å²) in [5, 5.41) is 9.60. The summed E-state index contributed by atoms with van der Waals surface area (Å²) in [7, 11) is 1.60. The number of aliphatic hydroxyl groups excluding tert-OH is 1. The maximum Gasteiger partial charge on any atom is 0.342 e. The van der Waals surface area contributed by atoms with Crippen LogP contribution in [0.2, 0.25) is 25.7 Å². The molecule has 0 aromatic heterocycles. The third-order valence-corrected chi connectivity index (χ3v) is 9.05. The lowest BCUT2D eigenvalue weighted by Crippen LogP contribution is -2.37. The first kappa shape index (κ1) is 38.0.